The van der Waals surface area contributed by atoms with Crippen LogP contribution in [0, 0.1) is 11.3 Å². The van der Waals surface area contributed by atoms with Crippen LogP contribution in [-0.4, -0.2) is 61.0 Å². The van der Waals surface area contributed by atoms with E-state index in [1.807, 2.05) is 30.3 Å². The van der Waals surface area contributed by atoms with Crippen molar-refractivity contribution in [3.63, 3.8) is 0 Å². The SMILES string of the molecule is COc1cc(C(=O)N2CCC[C@H]2C(=O)N2CCC[C@H]2C#N)cc(OC)c1OCc1ccccc1. The van der Waals surface area contributed by atoms with Crippen molar-refractivity contribution < 1.29 is 23.8 Å². The van der Waals surface area contributed by atoms with E-state index in [0.717, 1.165) is 18.4 Å². The number of hydrogen-bond acceptors (Lipinski definition) is 6. The molecule has 8 nitrogen and oxygen atoms in total. The average molecular weight is 464 g/mol. The number of nitrogens with zero attached hydrogens (tertiary/aromatic N) is 3. The Morgan fingerprint density at radius 2 is 1.65 bits per heavy atom. The number of amides is 2. The molecule has 0 radical (unpaired) electrons. The number of ether oxygens (including phenoxy) is 3. The summed E-state index contributed by atoms with van der Waals surface area (Å²) in [4.78, 5) is 29.9. The Bertz CT molecular complexity index is 1060. The van der Waals surface area contributed by atoms with Gasteiger partial charge in [-0.3, -0.25) is 9.59 Å². The maximum absolute atomic E-state index is 13.5. The zero-order valence-corrected chi connectivity index (χ0v) is 19.5. The summed E-state index contributed by atoms with van der Waals surface area (Å²) < 4.78 is 17.0. The number of methoxy groups -OCH3 is 2. The summed E-state index contributed by atoms with van der Waals surface area (Å²) in [5, 5.41) is 9.37. The van der Waals surface area contributed by atoms with Gasteiger partial charge in [-0.05, 0) is 43.4 Å². The maximum Gasteiger partial charge on any atom is 0.254 e. The first-order valence-corrected chi connectivity index (χ1v) is 11.5. The van der Waals surface area contributed by atoms with Gasteiger partial charge < -0.3 is 24.0 Å². The lowest BCUT2D eigenvalue weighted by Crippen LogP contribution is -2.49. The Morgan fingerprint density at radius 1 is 1.00 bits per heavy atom. The van der Waals surface area contributed by atoms with Crippen molar-refractivity contribution in [1.82, 2.24) is 9.80 Å². The van der Waals surface area contributed by atoms with E-state index in [-0.39, 0.29) is 11.8 Å². The third-order valence-corrected chi connectivity index (χ3v) is 6.42. The van der Waals surface area contributed by atoms with Crippen molar-refractivity contribution in [3.05, 3.63) is 53.6 Å². The average Bonchev–Trinajstić information content (AvgIpc) is 3.56. The maximum atomic E-state index is 13.5. The Kier molecular flexibility index (Phi) is 7.21. The van der Waals surface area contributed by atoms with E-state index in [4.69, 9.17) is 14.2 Å². The lowest BCUT2D eigenvalue weighted by atomic mass is 10.1. The topological polar surface area (TPSA) is 92.1 Å². The number of likely N-dealkylation sites (tertiary alicyclic amines) is 2. The standard InChI is InChI=1S/C26H29N3O5/c1-32-22-14-19(15-23(33-2)24(22)34-17-18-8-4-3-5-9-18)25(30)29-13-7-11-21(29)26(31)28-12-6-10-20(28)16-27/h3-5,8-9,14-15,20-21H,6-7,10-13,17H2,1-2H3/t20-,21-/m0/s1. The lowest BCUT2D eigenvalue weighted by Gasteiger charge is -2.29. The molecule has 2 fully saturated rings. The summed E-state index contributed by atoms with van der Waals surface area (Å²) in [6.45, 7) is 1.36. The third-order valence-electron chi connectivity index (χ3n) is 6.42. The molecule has 2 aliphatic rings. The predicted octanol–water partition coefficient (Wildman–Crippen LogP) is 3.40. The highest BCUT2D eigenvalue weighted by Gasteiger charge is 2.40. The van der Waals surface area contributed by atoms with Crippen LogP contribution in [0.5, 0.6) is 17.2 Å². The molecule has 0 saturated carbocycles. The number of hydrogen-bond donors (Lipinski definition) is 0. The molecule has 2 atom stereocenters. The van der Waals surface area contributed by atoms with E-state index < -0.39 is 12.1 Å². The molecular formula is C26H29N3O5. The highest BCUT2D eigenvalue weighted by atomic mass is 16.5. The highest BCUT2D eigenvalue weighted by Crippen LogP contribution is 2.40. The molecule has 0 aromatic heterocycles. The van der Waals surface area contributed by atoms with Gasteiger partial charge in [0.25, 0.3) is 5.91 Å². The molecule has 2 aromatic carbocycles. The van der Waals surface area contributed by atoms with E-state index >= 15 is 0 Å². The molecule has 0 bridgehead atoms. The fraction of sp³-hybridized carbons (Fsp3) is 0.423. The largest absolute Gasteiger partial charge is 0.493 e. The zero-order valence-electron chi connectivity index (χ0n) is 19.5. The Hall–Kier alpha value is -3.73. The molecule has 2 aromatic rings. The normalized spacial score (nSPS) is 19.6. The Morgan fingerprint density at radius 3 is 2.29 bits per heavy atom. The molecule has 0 N–H and O–H groups in total. The second-order valence-corrected chi connectivity index (χ2v) is 8.46. The van der Waals surface area contributed by atoms with Crippen LogP contribution in [0.4, 0.5) is 0 Å². The van der Waals surface area contributed by atoms with E-state index in [9.17, 15) is 14.9 Å². The van der Waals surface area contributed by atoms with Gasteiger partial charge in [-0.25, -0.2) is 0 Å². The molecule has 2 amide bonds. The van der Waals surface area contributed by atoms with Crippen LogP contribution in [-0.2, 0) is 11.4 Å². The summed E-state index contributed by atoms with van der Waals surface area (Å²) in [5.41, 5.74) is 1.35. The molecule has 178 valence electrons. The Labute approximate surface area is 199 Å². The second kappa shape index (κ2) is 10.5. The van der Waals surface area contributed by atoms with Gasteiger partial charge in [-0.2, -0.15) is 5.26 Å². The molecule has 2 heterocycles. The highest BCUT2D eigenvalue weighted by molar-refractivity contribution is 5.99. The number of rotatable bonds is 7. The van der Waals surface area contributed by atoms with Crippen molar-refractivity contribution in [3.8, 4) is 23.3 Å². The first-order chi connectivity index (χ1) is 16.6. The molecule has 2 aliphatic heterocycles. The predicted molar refractivity (Wildman–Crippen MR) is 125 cm³/mol. The minimum absolute atomic E-state index is 0.142. The summed E-state index contributed by atoms with van der Waals surface area (Å²) in [6.07, 6.45) is 2.82. The van der Waals surface area contributed by atoms with Gasteiger partial charge in [0.15, 0.2) is 11.5 Å². The molecule has 34 heavy (non-hydrogen) atoms. The zero-order chi connectivity index (χ0) is 24.1. The molecule has 0 spiro atoms. The van der Waals surface area contributed by atoms with Gasteiger partial charge in [0.05, 0.1) is 20.3 Å². The van der Waals surface area contributed by atoms with Gasteiger partial charge in [-0.1, -0.05) is 30.3 Å². The summed E-state index contributed by atoms with van der Waals surface area (Å²) in [7, 11) is 3.02. The summed E-state index contributed by atoms with van der Waals surface area (Å²) >= 11 is 0. The van der Waals surface area contributed by atoms with Gasteiger partial charge in [0.1, 0.15) is 18.7 Å². The van der Waals surface area contributed by atoms with Gasteiger partial charge in [0.2, 0.25) is 11.7 Å². The monoisotopic (exact) mass is 463 g/mol. The van der Waals surface area contributed by atoms with Crippen LogP contribution in [0.3, 0.4) is 0 Å². The lowest BCUT2D eigenvalue weighted by molar-refractivity contribution is -0.135. The number of benzene rings is 2. The number of nitriles is 1. The molecule has 0 aliphatic carbocycles. The van der Waals surface area contributed by atoms with E-state index in [1.165, 1.54) is 14.2 Å². The van der Waals surface area contributed by atoms with Crippen LogP contribution in [0.1, 0.15) is 41.6 Å². The Balaban J connectivity index is 1.56. The van der Waals surface area contributed by atoms with Gasteiger partial charge in [-0.15, -0.1) is 0 Å². The third kappa shape index (κ3) is 4.65. The van der Waals surface area contributed by atoms with Crippen LogP contribution in [0.2, 0.25) is 0 Å². The quantitative estimate of drug-likeness (QED) is 0.625. The van der Waals surface area contributed by atoms with Crippen molar-refractivity contribution in [2.24, 2.45) is 0 Å². The fourth-order valence-corrected chi connectivity index (χ4v) is 4.66. The first kappa shape index (κ1) is 23.4. The van der Waals surface area contributed by atoms with E-state index in [2.05, 4.69) is 6.07 Å². The van der Waals surface area contributed by atoms with Gasteiger partial charge in [0, 0.05) is 18.7 Å². The minimum atomic E-state index is -0.563. The van der Waals surface area contributed by atoms with Crippen LogP contribution >= 0.6 is 0 Å². The van der Waals surface area contributed by atoms with Crippen molar-refractivity contribution in [1.29, 1.82) is 5.26 Å². The number of carbonyl (C=O) groups is 2. The van der Waals surface area contributed by atoms with Crippen LogP contribution in [0.15, 0.2) is 42.5 Å². The van der Waals surface area contributed by atoms with Crippen molar-refractivity contribution in [2.75, 3.05) is 27.3 Å². The molecule has 0 unspecified atom stereocenters. The van der Waals surface area contributed by atoms with Crippen molar-refractivity contribution in [2.45, 2.75) is 44.4 Å². The smallest absolute Gasteiger partial charge is 0.254 e. The van der Waals surface area contributed by atoms with E-state index in [0.29, 0.717) is 55.4 Å². The fourth-order valence-electron chi connectivity index (χ4n) is 4.66. The second-order valence-electron chi connectivity index (χ2n) is 8.46. The van der Waals surface area contributed by atoms with E-state index in [1.54, 1.807) is 21.9 Å². The first-order valence-electron chi connectivity index (χ1n) is 11.5. The molecule has 2 saturated heterocycles. The molecule has 4 rings (SSSR count). The molecular weight excluding hydrogens is 434 g/mol. The van der Waals surface area contributed by atoms with Crippen molar-refractivity contribution >= 4 is 11.8 Å². The number of carbonyl (C=O) groups excluding carboxylic acids is 2. The van der Waals surface area contributed by atoms with Crippen LogP contribution < -0.4 is 14.2 Å². The summed E-state index contributed by atoms with van der Waals surface area (Å²) in [5.74, 6) is 0.759. The summed E-state index contributed by atoms with van der Waals surface area (Å²) in [6, 6.07) is 14.2. The molecule has 8 heteroatoms. The van der Waals surface area contributed by atoms with Crippen LogP contribution in [0.25, 0.3) is 0 Å². The minimum Gasteiger partial charge on any atom is -0.493 e. The van der Waals surface area contributed by atoms with Gasteiger partial charge >= 0.3 is 0 Å².